The number of nitrogens with one attached hydrogen (secondary N) is 1. The summed E-state index contributed by atoms with van der Waals surface area (Å²) in [6.07, 6.45) is 0. The van der Waals surface area contributed by atoms with Gasteiger partial charge in [-0.2, -0.15) is 5.10 Å². The number of nitrogens with zero attached hydrogens (tertiary/aromatic N) is 3. The molecular formula is C21H22N4O2. The minimum Gasteiger partial charge on any atom is -0.333 e. The first kappa shape index (κ1) is 18.4. The number of hydrogen-bond donors (Lipinski definition) is 1. The first-order valence-corrected chi connectivity index (χ1v) is 8.82. The van der Waals surface area contributed by atoms with E-state index in [1.807, 2.05) is 43.3 Å². The zero-order valence-electron chi connectivity index (χ0n) is 15.4. The van der Waals surface area contributed by atoms with Crippen molar-refractivity contribution < 1.29 is 9.59 Å². The highest BCUT2D eigenvalue weighted by Crippen LogP contribution is 2.15. The number of amides is 2. The van der Waals surface area contributed by atoms with Gasteiger partial charge < -0.3 is 10.2 Å². The molecule has 0 aliphatic carbocycles. The van der Waals surface area contributed by atoms with Crippen LogP contribution >= 0.6 is 0 Å². The molecule has 0 saturated heterocycles. The molecule has 3 aromatic rings. The van der Waals surface area contributed by atoms with E-state index in [4.69, 9.17) is 0 Å². The van der Waals surface area contributed by atoms with Crippen molar-refractivity contribution in [1.29, 1.82) is 0 Å². The molecule has 0 bridgehead atoms. The fraction of sp³-hybridized carbons (Fsp3) is 0.190. The predicted octanol–water partition coefficient (Wildman–Crippen LogP) is 3.33. The normalized spacial score (nSPS) is 10.4. The Labute approximate surface area is 158 Å². The van der Waals surface area contributed by atoms with E-state index in [1.54, 1.807) is 42.3 Å². The highest BCUT2D eigenvalue weighted by atomic mass is 16.2. The molecule has 2 amide bonds. The lowest BCUT2D eigenvalue weighted by atomic mass is 10.2. The largest absolute Gasteiger partial charge is 0.333 e. The summed E-state index contributed by atoms with van der Waals surface area (Å²) in [6.45, 7) is 3.01. The summed E-state index contributed by atoms with van der Waals surface area (Å²) < 4.78 is 1.50. The Morgan fingerprint density at radius 3 is 2.30 bits per heavy atom. The molecule has 0 saturated carbocycles. The fourth-order valence-electron chi connectivity index (χ4n) is 2.76. The average molecular weight is 362 g/mol. The van der Waals surface area contributed by atoms with Gasteiger partial charge in [-0.05, 0) is 24.6 Å². The van der Waals surface area contributed by atoms with Gasteiger partial charge >= 0.3 is 0 Å². The number of anilines is 1. The molecule has 0 spiro atoms. The van der Waals surface area contributed by atoms with Crippen LogP contribution in [0.2, 0.25) is 0 Å². The summed E-state index contributed by atoms with van der Waals surface area (Å²) >= 11 is 0. The molecule has 0 aliphatic rings. The topological polar surface area (TPSA) is 67.2 Å². The summed E-state index contributed by atoms with van der Waals surface area (Å²) in [5, 5.41) is 7.08. The van der Waals surface area contributed by atoms with E-state index in [0.717, 1.165) is 5.56 Å². The van der Waals surface area contributed by atoms with Gasteiger partial charge in [0.2, 0.25) is 0 Å². The Kier molecular flexibility index (Phi) is 5.66. The van der Waals surface area contributed by atoms with Crippen molar-refractivity contribution in [3.8, 4) is 0 Å². The molecule has 138 valence electrons. The standard InChI is InChI=1S/C21H22N4O2/c1-3-25(15-16-10-6-4-7-11-16)21(27)18-14-19(24(2)23-18)22-20(26)17-12-8-5-9-13-17/h4-14H,3,15H2,1-2H3,(H,22,26). The average Bonchev–Trinajstić information content (AvgIpc) is 3.07. The second kappa shape index (κ2) is 8.31. The summed E-state index contributed by atoms with van der Waals surface area (Å²) in [5.74, 6) is 0.0642. The second-order valence-corrected chi connectivity index (χ2v) is 6.16. The SMILES string of the molecule is CCN(Cc1ccccc1)C(=O)c1cc(NC(=O)c2ccccc2)n(C)n1. The maximum absolute atomic E-state index is 12.8. The van der Waals surface area contributed by atoms with Crippen LogP contribution in [0.25, 0.3) is 0 Å². The maximum Gasteiger partial charge on any atom is 0.274 e. The van der Waals surface area contributed by atoms with Crippen molar-refractivity contribution >= 4 is 17.6 Å². The molecule has 0 radical (unpaired) electrons. The zero-order chi connectivity index (χ0) is 19.2. The Morgan fingerprint density at radius 2 is 1.67 bits per heavy atom. The molecular weight excluding hydrogens is 340 g/mol. The third kappa shape index (κ3) is 4.41. The van der Waals surface area contributed by atoms with Gasteiger partial charge in [0.1, 0.15) is 5.82 Å². The Bertz CT molecular complexity index is 920. The number of carbonyl (C=O) groups is 2. The van der Waals surface area contributed by atoms with Crippen LogP contribution in [0.3, 0.4) is 0 Å². The number of carbonyl (C=O) groups excluding carboxylic acids is 2. The van der Waals surface area contributed by atoms with Crippen LogP contribution in [-0.2, 0) is 13.6 Å². The second-order valence-electron chi connectivity index (χ2n) is 6.16. The first-order chi connectivity index (χ1) is 13.1. The molecule has 1 heterocycles. The van der Waals surface area contributed by atoms with Gasteiger partial charge in [0.05, 0.1) is 0 Å². The van der Waals surface area contributed by atoms with E-state index in [2.05, 4.69) is 10.4 Å². The summed E-state index contributed by atoms with van der Waals surface area (Å²) in [6, 6.07) is 20.3. The van der Waals surface area contributed by atoms with Crippen molar-refractivity contribution in [1.82, 2.24) is 14.7 Å². The molecule has 3 rings (SSSR count). The predicted molar refractivity (Wildman–Crippen MR) is 104 cm³/mol. The van der Waals surface area contributed by atoms with Gasteiger partial charge in [-0.1, -0.05) is 48.5 Å². The van der Waals surface area contributed by atoms with Gasteiger partial charge in [0, 0.05) is 31.8 Å². The number of aromatic nitrogens is 2. The molecule has 1 N–H and O–H groups in total. The lowest BCUT2D eigenvalue weighted by Crippen LogP contribution is -2.30. The van der Waals surface area contributed by atoms with E-state index >= 15 is 0 Å². The summed E-state index contributed by atoms with van der Waals surface area (Å²) in [4.78, 5) is 26.9. The van der Waals surface area contributed by atoms with Gasteiger partial charge in [-0.25, -0.2) is 0 Å². The first-order valence-electron chi connectivity index (χ1n) is 8.82. The molecule has 1 aromatic heterocycles. The number of rotatable bonds is 6. The fourth-order valence-corrected chi connectivity index (χ4v) is 2.76. The van der Waals surface area contributed by atoms with Crippen LogP contribution in [0.4, 0.5) is 5.82 Å². The van der Waals surface area contributed by atoms with Crippen molar-refractivity contribution in [2.24, 2.45) is 7.05 Å². The van der Waals surface area contributed by atoms with E-state index < -0.39 is 0 Å². The lowest BCUT2D eigenvalue weighted by molar-refractivity contribution is 0.0745. The number of benzene rings is 2. The van der Waals surface area contributed by atoms with Crippen LogP contribution in [0.15, 0.2) is 66.7 Å². The Hall–Kier alpha value is -3.41. The van der Waals surface area contributed by atoms with Crippen LogP contribution in [0.5, 0.6) is 0 Å². The Morgan fingerprint density at radius 1 is 1.04 bits per heavy atom. The van der Waals surface area contributed by atoms with Crippen LogP contribution in [-0.4, -0.2) is 33.0 Å². The van der Waals surface area contributed by atoms with Crippen LogP contribution in [0, 0.1) is 0 Å². The van der Waals surface area contributed by atoms with E-state index in [9.17, 15) is 9.59 Å². The van der Waals surface area contributed by atoms with Crippen LogP contribution in [0.1, 0.15) is 33.3 Å². The molecule has 2 aromatic carbocycles. The Balaban J connectivity index is 1.74. The molecule has 6 nitrogen and oxygen atoms in total. The molecule has 0 fully saturated rings. The molecule has 0 atom stereocenters. The van der Waals surface area contributed by atoms with Gasteiger partial charge in [0.15, 0.2) is 5.69 Å². The zero-order valence-corrected chi connectivity index (χ0v) is 15.4. The highest BCUT2D eigenvalue weighted by molar-refractivity contribution is 6.04. The third-order valence-electron chi connectivity index (χ3n) is 4.26. The van der Waals surface area contributed by atoms with Crippen molar-refractivity contribution in [3.63, 3.8) is 0 Å². The smallest absolute Gasteiger partial charge is 0.274 e. The maximum atomic E-state index is 12.8. The molecule has 6 heteroatoms. The molecule has 0 unspecified atom stereocenters. The number of hydrogen-bond acceptors (Lipinski definition) is 3. The third-order valence-corrected chi connectivity index (χ3v) is 4.26. The molecule has 27 heavy (non-hydrogen) atoms. The van der Waals surface area contributed by atoms with E-state index in [-0.39, 0.29) is 11.8 Å². The number of aryl methyl sites for hydroxylation is 1. The van der Waals surface area contributed by atoms with E-state index in [1.165, 1.54) is 4.68 Å². The molecule has 0 aliphatic heterocycles. The lowest BCUT2D eigenvalue weighted by Gasteiger charge is -2.19. The van der Waals surface area contributed by atoms with Gasteiger partial charge in [-0.3, -0.25) is 14.3 Å². The van der Waals surface area contributed by atoms with Crippen molar-refractivity contribution in [2.45, 2.75) is 13.5 Å². The van der Waals surface area contributed by atoms with Gasteiger partial charge in [0.25, 0.3) is 11.8 Å². The minimum atomic E-state index is -0.241. The minimum absolute atomic E-state index is 0.169. The van der Waals surface area contributed by atoms with Crippen LogP contribution < -0.4 is 5.32 Å². The quantitative estimate of drug-likeness (QED) is 0.731. The van der Waals surface area contributed by atoms with Gasteiger partial charge in [-0.15, -0.1) is 0 Å². The van der Waals surface area contributed by atoms with Crippen molar-refractivity contribution in [3.05, 3.63) is 83.6 Å². The monoisotopic (exact) mass is 362 g/mol. The summed E-state index contributed by atoms with van der Waals surface area (Å²) in [7, 11) is 1.70. The van der Waals surface area contributed by atoms with Crippen molar-refractivity contribution in [2.75, 3.05) is 11.9 Å². The highest BCUT2D eigenvalue weighted by Gasteiger charge is 2.20. The summed E-state index contributed by atoms with van der Waals surface area (Å²) in [5.41, 5.74) is 1.91. The van der Waals surface area contributed by atoms with E-state index in [0.29, 0.717) is 30.2 Å².